The van der Waals surface area contributed by atoms with Gasteiger partial charge in [0.25, 0.3) is 5.91 Å². The van der Waals surface area contributed by atoms with Gasteiger partial charge in [0, 0.05) is 57.9 Å². The molecule has 0 saturated carbocycles. The number of benzene rings is 2. The molecule has 1 aliphatic heterocycles. The van der Waals surface area contributed by atoms with E-state index in [1.54, 1.807) is 23.7 Å². The van der Waals surface area contributed by atoms with Gasteiger partial charge in [-0.25, -0.2) is 4.98 Å². The molecule has 5 rings (SSSR count). The van der Waals surface area contributed by atoms with Crippen molar-refractivity contribution in [2.24, 2.45) is 0 Å². The van der Waals surface area contributed by atoms with Crippen molar-refractivity contribution in [2.45, 2.75) is 18.8 Å². The van der Waals surface area contributed by atoms with Crippen LogP contribution in [0.2, 0.25) is 0 Å². The number of hydrogen-bond donors (Lipinski definition) is 0. The molecule has 0 radical (unpaired) electrons. The highest BCUT2D eigenvalue weighted by Gasteiger charge is 2.26. The molecule has 3 heterocycles. The number of nitrogens with zero attached hydrogens (tertiary/aromatic N) is 3. The van der Waals surface area contributed by atoms with Crippen LogP contribution < -0.4 is 0 Å². The molecule has 1 aliphatic rings. The summed E-state index contributed by atoms with van der Waals surface area (Å²) in [5.74, 6) is 6.64. The van der Waals surface area contributed by atoms with E-state index in [0.717, 1.165) is 57.8 Å². The summed E-state index contributed by atoms with van der Waals surface area (Å²) >= 11 is 5.25. The van der Waals surface area contributed by atoms with Crippen LogP contribution in [0, 0.1) is 11.8 Å². The molecule has 6 heteroatoms. The molecule has 2 aromatic heterocycles. The molecule has 2 aromatic carbocycles. The summed E-state index contributed by atoms with van der Waals surface area (Å²) in [6.45, 7) is 1.43. The number of rotatable bonds is 3. The lowest BCUT2D eigenvalue weighted by atomic mass is 9.97. The highest BCUT2D eigenvalue weighted by Crippen LogP contribution is 2.33. The molecule has 0 N–H and O–H groups in total. The van der Waals surface area contributed by atoms with Crippen LogP contribution in [-0.4, -0.2) is 33.9 Å². The van der Waals surface area contributed by atoms with Gasteiger partial charge < -0.3 is 4.90 Å². The van der Waals surface area contributed by atoms with Crippen LogP contribution in [0.5, 0.6) is 0 Å². The summed E-state index contributed by atoms with van der Waals surface area (Å²) in [7, 11) is 0. The first-order valence-corrected chi connectivity index (χ1v) is 12.9. The molecule has 4 nitrogen and oxygen atoms in total. The Bertz CT molecular complexity index is 1360. The third kappa shape index (κ3) is 5.27. The highest BCUT2D eigenvalue weighted by molar-refractivity contribution is 9.10. The number of thiazole rings is 1. The first kappa shape index (κ1) is 22.5. The normalized spacial score (nSPS) is 13.9. The Morgan fingerprint density at radius 1 is 0.971 bits per heavy atom. The van der Waals surface area contributed by atoms with E-state index >= 15 is 0 Å². The van der Waals surface area contributed by atoms with E-state index in [4.69, 9.17) is 4.98 Å². The lowest BCUT2D eigenvalue weighted by Gasteiger charge is -2.31. The van der Waals surface area contributed by atoms with Crippen molar-refractivity contribution >= 4 is 33.2 Å². The molecule has 0 bridgehead atoms. The zero-order valence-corrected chi connectivity index (χ0v) is 20.8. The lowest BCUT2D eigenvalue weighted by molar-refractivity contribution is 0.0712. The van der Waals surface area contributed by atoms with Gasteiger partial charge in [0.2, 0.25) is 0 Å². The van der Waals surface area contributed by atoms with E-state index < -0.39 is 0 Å². The van der Waals surface area contributed by atoms with Crippen LogP contribution in [0.3, 0.4) is 0 Å². The number of piperidine rings is 1. The number of pyridine rings is 1. The van der Waals surface area contributed by atoms with E-state index in [-0.39, 0.29) is 5.91 Å². The maximum atomic E-state index is 13.1. The SMILES string of the molecule is O=C(c1cncc(C#Cc2ccccc2)c1)N1CCC(c2nc(-c3cccc(Br)c3)cs2)CC1. The molecule has 0 atom stereocenters. The molecule has 0 spiro atoms. The predicted octanol–water partition coefficient (Wildman–Crippen LogP) is 6.39. The second-order valence-electron chi connectivity index (χ2n) is 8.23. The Hall–Kier alpha value is -3.27. The minimum atomic E-state index is 0.0169. The Morgan fingerprint density at radius 2 is 1.76 bits per heavy atom. The maximum Gasteiger partial charge on any atom is 0.255 e. The van der Waals surface area contributed by atoms with Gasteiger partial charge in [-0.3, -0.25) is 9.78 Å². The van der Waals surface area contributed by atoms with E-state index in [2.05, 4.69) is 50.3 Å². The fourth-order valence-corrected chi connectivity index (χ4v) is 5.46. The topological polar surface area (TPSA) is 46.1 Å². The summed E-state index contributed by atoms with van der Waals surface area (Å²) < 4.78 is 1.05. The summed E-state index contributed by atoms with van der Waals surface area (Å²) in [4.78, 5) is 24.2. The number of likely N-dealkylation sites (tertiary alicyclic amines) is 1. The van der Waals surface area contributed by atoms with Crippen LogP contribution in [-0.2, 0) is 0 Å². The summed E-state index contributed by atoms with van der Waals surface area (Å²) in [5.41, 5.74) is 4.40. The molecule has 4 aromatic rings. The van der Waals surface area contributed by atoms with Gasteiger partial charge in [-0.2, -0.15) is 0 Å². The van der Waals surface area contributed by atoms with Crippen molar-refractivity contribution in [3.8, 4) is 23.1 Å². The fourth-order valence-electron chi connectivity index (χ4n) is 4.06. The number of carbonyl (C=O) groups excluding carboxylic acids is 1. The molecule has 1 fully saturated rings. The zero-order chi connectivity index (χ0) is 23.3. The first-order valence-electron chi connectivity index (χ1n) is 11.2. The monoisotopic (exact) mass is 527 g/mol. The van der Waals surface area contributed by atoms with Crippen molar-refractivity contribution in [3.05, 3.63) is 105 Å². The van der Waals surface area contributed by atoms with E-state index in [1.165, 1.54) is 0 Å². The molecular weight excluding hydrogens is 506 g/mol. The first-order chi connectivity index (χ1) is 16.7. The molecule has 34 heavy (non-hydrogen) atoms. The third-order valence-corrected chi connectivity index (χ3v) is 7.38. The minimum Gasteiger partial charge on any atom is -0.339 e. The Kier molecular flexibility index (Phi) is 6.84. The van der Waals surface area contributed by atoms with Gasteiger partial charge in [-0.1, -0.05) is 58.1 Å². The van der Waals surface area contributed by atoms with Gasteiger partial charge in [0.05, 0.1) is 16.3 Å². The summed E-state index contributed by atoms with van der Waals surface area (Å²) in [5, 5.41) is 3.28. The van der Waals surface area contributed by atoms with Gasteiger partial charge in [0.15, 0.2) is 0 Å². The second kappa shape index (κ2) is 10.3. The van der Waals surface area contributed by atoms with Crippen LogP contribution in [0.15, 0.2) is 82.9 Å². The van der Waals surface area contributed by atoms with Crippen LogP contribution in [0.1, 0.15) is 45.3 Å². The van der Waals surface area contributed by atoms with Crippen LogP contribution in [0.4, 0.5) is 0 Å². The Morgan fingerprint density at radius 3 is 2.56 bits per heavy atom. The maximum absolute atomic E-state index is 13.1. The van der Waals surface area contributed by atoms with Crippen molar-refractivity contribution < 1.29 is 4.79 Å². The minimum absolute atomic E-state index is 0.0169. The number of amides is 1. The smallest absolute Gasteiger partial charge is 0.255 e. The third-order valence-electron chi connectivity index (χ3n) is 5.88. The number of aromatic nitrogens is 2. The average molecular weight is 528 g/mol. The highest BCUT2D eigenvalue weighted by atomic mass is 79.9. The van der Waals surface area contributed by atoms with Crippen molar-refractivity contribution in [3.63, 3.8) is 0 Å². The van der Waals surface area contributed by atoms with Crippen LogP contribution in [0.25, 0.3) is 11.3 Å². The van der Waals surface area contributed by atoms with E-state index in [1.807, 2.05) is 53.4 Å². The number of carbonyl (C=O) groups is 1. The Balaban J connectivity index is 1.22. The molecule has 1 amide bonds. The quantitative estimate of drug-likeness (QED) is 0.290. The van der Waals surface area contributed by atoms with E-state index in [9.17, 15) is 4.79 Å². The molecule has 1 saturated heterocycles. The molecule has 0 aliphatic carbocycles. The number of hydrogen-bond acceptors (Lipinski definition) is 4. The summed E-state index contributed by atoms with van der Waals surface area (Å²) in [6, 6.07) is 19.9. The molecule has 168 valence electrons. The molecular formula is C28H22BrN3OS. The van der Waals surface area contributed by atoms with Gasteiger partial charge in [0.1, 0.15) is 0 Å². The lowest BCUT2D eigenvalue weighted by Crippen LogP contribution is -2.38. The zero-order valence-electron chi connectivity index (χ0n) is 18.4. The van der Waals surface area contributed by atoms with Crippen molar-refractivity contribution in [1.29, 1.82) is 0 Å². The van der Waals surface area contributed by atoms with E-state index in [0.29, 0.717) is 11.5 Å². The van der Waals surface area contributed by atoms with Crippen LogP contribution >= 0.6 is 27.3 Å². The Labute approximate surface area is 211 Å². The number of halogens is 1. The second-order valence-corrected chi connectivity index (χ2v) is 10.0. The predicted molar refractivity (Wildman–Crippen MR) is 140 cm³/mol. The largest absolute Gasteiger partial charge is 0.339 e. The van der Waals surface area contributed by atoms with Crippen molar-refractivity contribution in [2.75, 3.05) is 13.1 Å². The standard InChI is InChI=1S/C28H22BrN3OS/c29-25-8-4-7-23(16-25)26-19-34-27(31-26)22-11-13-32(14-12-22)28(33)24-15-21(17-30-18-24)10-9-20-5-2-1-3-6-20/h1-8,15-19,22H,11-14H2. The van der Waals surface area contributed by atoms with Gasteiger partial charge >= 0.3 is 0 Å². The van der Waals surface area contributed by atoms with Gasteiger partial charge in [-0.15, -0.1) is 11.3 Å². The van der Waals surface area contributed by atoms with Crippen molar-refractivity contribution in [1.82, 2.24) is 14.9 Å². The molecule has 0 unspecified atom stereocenters. The van der Waals surface area contributed by atoms with Gasteiger partial charge in [-0.05, 0) is 43.2 Å². The fraction of sp³-hybridized carbons (Fsp3) is 0.179. The average Bonchev–Trinajstić information content (AvgIpc) is 3.39. The summed E-state index contributed by atoms with van der Waals surface area (Å²) in [6.07, 6.45) is 5.16.